The average Bonchev–Trinajstić information content (AvgIpc) is 2.86. The average molecular weight is 252 g/mol. The Balaban J connectivity index is 2.17. The Hall–Kier alpha value is -1.89. The van der Waals surface area contributed by atoms with E-state index < -0.39 is 0 Å². The maximum absolute atomic E-state index is 11.3. The lowest BCUT2D eigenvalue weighted by atomic mass is 10.5. The van der Waals surface area contributed by atoms with Crippen molar-refractivity contribution in [3.05, 3.63) is 22.8 Å². The number of nitrogens with zero attached hydrogens (tertiary/aromatic N) is 3. The van der Waals surface area contributed by atoms with Crippen molar-refractivity contribution >= 4 is 28.3 Å². The molecule has 0 saturated heterocycles. The van der Waals surface area contributed by atoms with Crippen molar-refractivity contribution < 1.29 is 9.53 Å². The van der Waals surface area contributed by atoms with Crippen LogP contribution < -0.4 is 5.32 Å². The van der Waals surface area contributed by atoms with Gasteiger partial charge in [-0.05, 0) is 6.92 Å². The van der Waals surface area contributed by atoms with Crippen LogP contribution in [0.2, 0.25) is 0 Å². The summed E-state index contributed by atoms with van der Waals surface area (Å²) in [5.74, 6) is 0.449. The van der Waals surface area contributed by atoms with Crippen LogP contribution in [0.3, 0.4) is 0 Å². The zero-order chi connectivity index (χ0) is 12.4. The molecule has 7 heteroatoms. The fourth-order valence-electron chi connectivity index (χ4n) is 1.36. The number of methoxy groups -OCH3 is 1. The summed E-state index contributed by atoms with van der Waals surface area (Å²) in [6.07, 6.45) is 1.49. The van der Waals surface area contributed by atoms with Gasteiger partial charge in [0.2, 0.25) is 0 Å². The van der Waals surface area contributed by atoms with E-state index in [-0.39, 0.29) is 5.97 Å². The molecule has 0 bridgehead atoms. The van der Waals surface area contributed by atoms with Gasteiger partial charge in [-0.2, -0.15) is 5.10 Å². The smallest absolute Gasteiger partial charge is 0.349 e. The molecule has 0 fully saturated rings. The van der Waals surface area contributed by atoms with Crippen LogP contribution in [0.5, 0.6) is 0 Å². The molecule has 0 spiro atoms. The zero-order valence-corrected chi connectivity index (χ0v) is 10.5. The van der Waals surface area contributed by atoms with Crippen LogP contribution in [0.15, 0.2) is 12.3 Å². The second kappa shape index (κ2) is 4.54. The van der Waals surface area contributed by atoms with Crippen LogP contribution in [0, 0.1) is 6.92 Å². The summed E-state index contributed by atoms with van der Waals surface area (Å²) >= 11 is 1.24. The first-order chi connectivity index (χ1) is 8.10. The first kappa shape index (κ1) is 11.6. The molecule has 2 aromatic rings. The topological polar surface area (TPSA) is 69.0 Å². The van der Waals surface area contributed by atoms with Crippen molar-refractivity contribution in [2.24, 2.45) is 7.05 Å². The second-order valence-corrected chi connectivity index (χ2v) is 4.47. The van der Waals surface area contributed by atoms with Gasteiger partial charge >= 0.3 is 5.97 Å². The van der Waals surface area contributed by atoms with Gasteiger partial charge in [0.05, 0.1) is 19.0 Å². The third-order valence-corrected chi connectivity index (χ3v) is 3.02. The van der Waals surface area contributed by atoms with E-state index >= 15 is 0 Å². The van der Waals surface area contributed by atoms with Crippen LogP contribution in [0.25, 0.3) is 0 Å². The minimum atomic E-state index is -0.378. The highest BCUT2D eigenvalue weighted by molar-refractivity contribution is 7.17. The third-order valence-electron chi connectivity index (χ3n) is 2.13. The molecule has 0 aromatic carbocycles. The molecule has 0 amide bonds. The molecule has 0 atom stereocenters. The molecule has 0 aliphatic heterocycles. The van der Waals surface area contributed by atoms with E-state index in [1.54, 1.807) is 4.68 Å². The molecule has 0 radical (unpaired) electrons. The van der Waals surface area contributed by atoms with Crippen LogP contribution in [-0.2, 0) is 11.8 Å². The van der Waals surface area contributed by atoms with Crippen LogP contribution >= 0.6 is 11.3 Å². The minimum Gasteiger partial charge on any atom is -0.465 e. The van der Waals surface area contributed by atoms with Gasteiger partial charge in [0.25, 0.3) is 0 Å². The van der Waals surface area contributed by atoms with Crippen molar-refractivity contribution in [1.29, 1.82) is 0 Å². The molecule has 6 nitrogen and oxygen atoms in total. The number of nitrogens with one attached hydrogen (secondary N) is 1. The number of ether oxygens (including phenoxy) is 1. The van der Waals surface area contributed by atoms with Gasteiger partial charge in [-0.15, -0.1) is 0 Å². The SMILES string of the molecule is COC(=O)c1cnc(Nc2cc(C)nn2C)s1. The summed E-state index contributed by atoms with van der Waals surface area (Å²) in [5, 5.41) is 7.93. The van der Waals surface area contributed by atoms with E-state index in [0.717, 1.165) is 11.5 Å². The molecule has 2 aromatic heterocycles. The van der Waals surface area contributed by atoms with Gasteiger partial charge in [-0.3, -0.25) is 4.68 Å². The summed E-state index contributed by atoms with van der Waals surface area (Å²) in [4.78, 5) is 15.8. The number of carbonyl (C=O) groups is 1. The highest BCUT2D eigenvalue weighted by atomic mass is 32.1. The van der Waals surface area contributed by atoms with Crippen LogP contribution in [0.1, 0.15) is 15.4 Å². The predicted molar refractivity (Wildman–Crippen MR) is 64.7 cm³/mol. The van der Waals surface area contributed by atoms with E-state index in [1.807, 2.05) is 20.0 Å². The number of rotatable bonds is 3. The van der Waals surface area contributed by atoms with Crippen LogP contribution in [-0.4, -0.2) is 27.8 Å². The summed E-state index contributed by atoms with van der Waals surface area (Å²) in [6.45, 7) is 1.91. The maximum atomic E-state index is 11.3. The van der Waals surface area contributed by atoms with Gasteiger partial charge in [0.1, 0.15) is 10.7 Å². The molecular formula is C10H12N4O2S. The molecule has 17 heavy (non-hydrogen) atoms. The molecule has 0 aliphatic rings. The molecule has 1 N–H and O–H groups in total. The van der Waals surface area contributed by atoms with Crippen molar-refractivity contribution in [2.45, 2.75) is 6.92 Å². The van der Waals surface area contributed by atoms with E-state index in [9.17, 15) is 4.79 Å². The number of aryl methyl sites for hydroxylation is 2. The Kier molecular flexibility index (Phi) is 3.10. The van der Waals surface area contributed by atoms with E-state index in [2.05, 4.69) is 20.1 Å². The van der Waals surface area contributed by atoms with E-state index in [4.69, 9.17) is 0 Å². The van der Waals surface area contributed by atoms with E-state index in [1.165, 1.54) is 24.6 Å². The summed E-state index contributed by atoms with van der Waals surface area (Å²) < 4.78 is 6.33. The monoisotopic (exact) mass is 252 g/mol. The maximum Gasteiger partial charge on any atom is 0.349 e. The summed E-state index contributed by atoms with van der Waals surface area (Å²) in [5.41, 5.74) is 0.916. The highest BCUT2D eigenvalue weighted by Gasteiger charge is 2.11. The normalized spacial score (nSPS) is 10.3. The lowest BCUT2D eigenvalue weighted by Gasteiger charge is -2.01. The molecule has 2 heterocycles. The quantitative estimate of drug-likeness (QED) is 0.842. The summed E-state index contributed by atoms with van der Waals surface area (Å²) in [6, 6.07) is 1.90. The predicted octanol–water partition coefficient (Wildman–Crippen LogP) is 1.72. The largest absolute Gasteiger partial charge is 0.465 e. The Morgan fingerprint density at radius 3 is 2.94 bits per heavy atom. The molecule has 0 unspecified atom stereocenters. The van der Waals surface area contributed by atoms with Crippen molar-refractivity contribution in [3.8, 4) is 0 Å². The number of carbonyl (C=O) groups excluding carboxylic acids is 1. The number of esters is 1. The van der Waals surface area contributed by atoms with Crippen LogP contribution in [0.4, 0.5) is 10.9 Å². The number of thiazole rings is 1. The highest BCUT2D eigenvalue weighted by Crippen LogP contribution is 2.23. The number of anilines is 2. The van der Waals surface area contributed by atoms with Gasteiger partial charge in [0.15, 0.2) is 5.13 Å². The van der Waals surface area contributed by atoms with Gasteiger partial charge < -0.3 is 10.1 Å². The Morgan fingerprint density at radius 2 is 2.35 bits per heavy atom. The van der Waals surface area contributed by atoms with Crippen molar-refractivity contribution in [1.82, 2.24) is 14.8 Å². The zero-order valence-electron chi connectivity index (χ0n) is 9.72. The first-order valence-electron chi connectivity index (χ1n) is 4.92. The number of hydrogen-bond acceptors (Lipinski definition) is 6. The molecule has 2 rings (SSSR count). The lowest BCUT2D eigenvalue weighted by Crippen LogP contribution is -1.98. The van der Waals surface area contributed by atoms with Gasteiger partial charge in [-0.1, -0.05) is 11.3 Å². The number of hydrogen-bond donors (Lipinski definition) is 1. The third kappa shape index (κ3) is 2.44. The van der Waals surface area contributed by atoms with Gasteiger partial charge in [-0.25, -0.2) is 9.78 Å². The molecular weight excluding hydrogens is 240 g/mol. The Bertz CT molecular complexity index is 546. The summed E-state index contributed by atoms with van der Waals surface area (Å²) in [7, 11) is 3.18. The van der Waals surface area contributed by atoms with Crippen molar-refractivity contribution in [2.75, 3.05) is 12.4 Å². The van der Waals surface area contributed by atoms with E-state index in [0.29, 0.717) is 10.0 Å². The fraction of sp³-hybridized carbons (Fsp3) is 0.300. The standard InChI is InChI=1S/C10H12N4O2S/c1-6-4-8(14(2)13-6)12-10-11-5-7(17-10)9(15)16-3/h4-5H,1-3H3,(H,11,12). The van der Waals surface area contributed by atoms with Gasteiger partial charge in [0, 0.05) is 13.1 Å². The molecule has 0 saturated carbocycles. The lowest BCUT2D eigenvalue weighted by molar-refractivity contribution is 0.0606. The Morgan fingerprint density at radius 1 is 1.59 bits per heavy atom. The minimum absolute atomic E-state index is 0.378. The number of aromatic nitrogens is 3. The first-order valence-corrected chi connectivity index (χ1v) is 5.73. The Labute approximate surface area is 102 Å². The molecule has 0 aliphatic carbocycles. The second-order valence-electron chi connectivity index (χ2n) is 3.44. The van der Waals surface area contributed by atoms with Crippen molar-refractivity contribution in [3.63, 3.8) is 0 Å². The fourth-order valence-corrected chi connectivity index (χ4v) is 2.11. The molecule has 90 valence electrons.